The van der Waals surface area contributed by atoms with Gasteiger partial charge in [0.2, 0.25) is 0 Å². The fraction of sp³-hybridized carbons (Fsp3) is 0.320. The summed E-state index contributed by atoms with van der Waals surface area (Å²) in [6, 6.07) is 11.3. The standard InChI is InChI=1S/C25H28FN5O3/c1-17(32)18-8-9-21(20(26)16-18)30-12-14-31(15-13-30)25(33)28-23(24-27-10-11-29(24)2)19-6-4-5-7-22(19)34-3/h4-11,16,23H,12-15H2,1-3H3,(H,28,33). The van der Waals surface area contributed by atoms with Crippen molar-refractivity contribution in [3.05, 3.63) is 77.6 Å². The zero-order valence-corrected chi connectivity index (χ0v) is 19.5. The van der Waals surface area contributed by atoms with E-state index in [1.54, 1.807) is 30.3 Å². The van der Waals surface area contributed by atoms with E-state index in [0.29, 0.717) is 49.0 Å². The van der Waals surface area contributed by atoms with Crippen LogP contribution in [0.15, 0.2) is 54.9 Å². The van der Waals surface area contributed by atoms with Crippen LogP contribution in [0.2, 0.25) is 0 Å². The van der Waals surface area contributed by atoms with Crippen molar-refractivity contribution in [1.29, 1.82) is 0 Å². The number of benzene rings is 2. The van der Waals surface area contributed by atoms with Crippen LogP contribution in [0.1, 0.15) is 34.7 Å². The predicted octanol–water partition coefficient (Wildman–Crippen LogP) is 3.39. The maximum atomic E-state index is 14.6. The number of nitrogens with zero attached hydrogens (tertiary/aromatic N) is 4. The first-order valence-electron chi connectivity index (χ1n) is 11.1. The van der Waals surface area contributed by atoms with E-state index in [4.69, 9.17) is 4.74 Å². The highest BCUT2D eigenvalue weighted by Crippen LogP contribution is 2.29. The monoisotopic (exact) mass is 465 g/mol. The van der Waals surface area contributed by atoms with E-state index >= 15 is 0 Å². The topological polar surface area (TPSA) is 79.7 Å². The number of nitrogens with one attached hydrogen (secondary N) is 1. The van der Waals surface area contributed by atoms with E-state index in [-0.39, 0.29) is 11.8 Å². The van der Waals surface area contributed by atoms with Gasteiger partial charge in [-0.2, -0.15) is 0 Å². The molecule has 2 heterocycles. The number of carbonyl (C=O) groups excluding carboxylic acids is 2. The summed E-state index contributed by atoms with van der Waals surface area (Å²) in [5.41, 5.74) is 1.58. The first-order chi connectivity index (χ1) is 16.4. The maximum Gasteiger partial charge on any atom is 0.318 e. The predicted molar refractivity (Wildman–Crippen MR) is 127 cm³/mol. The second-order valence-electron chi connectivity index (χ2n) is 8.22. The van der Waals surface area contributed by atoms with Gasteiger partial charge in [-0.15, -0.1) is 0 Å². The van der Waals surface area contributed by atoms with Crippen LogP contribution < -0.4 is 15.0 Å². The van der Waals surface area contributed by atoms with Gasteiger partial charge in [0.05, 0.1) is 12.8 Å². The van der Waals surface area contributed by atoms with Crippen LogP contribution in [0.3, 0.4) is 0 Å². The second kappa shape index (κ2) is 9.94. The lowest BCUT2D eigenvalue weighted by Gasteiger charge is -2.37. The van der Waals surface area contributed by atoms with Crippen molar-refractivity contribution in [2.75, 3.05) is 38.2 Å². The molecular formula is C25H28FN5O3. The van der Waals surface area contributed by atoms with Crippen LogP contribution in [-0.2, 0) is 7.05 Å². The Morgan fingerprint density at radius 3 is 2.47 bits per heavy atom. The third-order valence-electron chi connectivity index (χ3n) is 6.10. The molecule has 1 N–H and O–H groups in total. The number of carbonyl (C=O) groups is 2. The minimum Gasteiger partial charge on any atom is -0.496 e. The van der Waals surface area contributed by atoms with Crippen LogP contribution in [-0.4, -0.2) is 59.6 Å². The molecule has 0 spiro atoms. The Kier molecular flexibility index (Phi) is 6.81. The van der Waals surface area contributed by atoms with Gasteiger partial charge in [0, 0.05) is 56.7 Å². The molecule has 1 unspecified atom stereocenters. The second-order valence-corrected chi connectivity index (χ2v) is 8.22. The molecule has 1 aliphatic rings. The summed E-state index contributed by atoms with van der Waals surface area (Å²) >= 11 is 0. The third kappa shape index (κ3) is 4.73. The number of aryl methyl sites for hydroxylation is 1. The van der Waals surface area contributed by atoms with Crippen LogP contribution in [0.5, 0.6) is 5.75 Å². The molecule has 0 saturated carbocycles. The SMILES string of the molecule is COc1ccccc1C(NC(=O)N1CCN(c2ccc(C(C)=O)cc2F)CC1)c1nccn1C. The van der Waals surface area contributed by atoms with Gasteiger partial charge in [0.1, 0.15) is 23.4 Å². The number of anilines is 1. The molecule has 1 aromatic heterocycles. The van der Waals surface area contributed by atoms with Gasteiger partial charge in [-0.3, -0.25) is 4.79 Å². The Bertz CT molecular complexity index is 1190. The van der Waals surface area contributed by atoms with E-state index in [9.17, 15) is 14.0 Å². The molecule has 1 atom stereocenters. The number of aromatic nitrogens is 2. The quantitative estimate of drug-likeness (QED) is 0.565. The number of imidazole rings is 1. The van der Waals surface area contributed by atoms with Crippen molar-refractivity contribution >= 4 is 17.5 Å². The Morgan fingerprint density at radius 1 is 1.12 bits per heavy atom. The van der Waals surface area contributed by atoms with Gasteiger partial charge in [-0.05, 0) is 31.2 Å². The summed E-state index contributed by atoms with van der Waals surface area (Å²) < 4.78 is 22.0. The molecule has 1 fully saturated rings. The summed E-state index contributed by atoms with van der Waals surface area (Å²) in [5, 5.41) is 3.10. The number of rotatable bonds is 6. The number of Topliss-reactive ketones (excluding diaryl/α,β-unsaturated/α-hetero) is 1. The van der Waals surface area contributed by atoms with Crippen LogP contribution in [0.4, 0.5) is 14.9 Å². The smallest absolute Gasteiger partial charge is 0.318 e. The number of para-hydroxylation sites is 1. The average Bonchev–Trinajstić information content (AvgIpc) is 3.27. The van der Waals surface area contributed by atoms with Gasteiger partial charge >= 0.3 is 6.03 Å². The molecule has 1 aliphatic heterocycles. The van der Waals surface area contributed by atoms with E-state index in [1.165, 1.54) is 13.0 Å². The van der Waals surface area contributed by atoms with Crippen LogP contribution in [0, 0.1) is 5.82 Å². The van der Waals surface area contributed by atoms with Gasteiger partial charge in [0.25, 0.3) is 0 Å². The van der Waals surface area contributed by atoms with E-state index in [2.05, 4.69) is 10.3 Å². The Labute approximate surface area is 197 Å². The zero-order valence-electron chi connectivity index (χ0n) is 19.5. The van der Waals surface area contributed by atoms with Crippen LogP contribution >= 0.6 is 0 Å². The number of halogens is 1. The summed E-state index contributed by atoms with van der Waals surface area (Å²) in [6.07, 6.45) is 3.52. The number of methoxy groups -OCH3 is 1. The minimum atomic E-state index is -0.502. The van der Waals surface area contributed by atoms with Crippen molar-refractivity contribution in [2.45, 2.75) is 13.0 Å². The number of hydrogen-bond acceptors (Lipinski definition) is 5. The van der Waals surface area contributed by atoms with E-state index in [0.717, 1.165) is 5.56 Å². The average molecular weight is 466 g/mol. The normalized spacial score (nSPS) is 14.6. The lowest BCUT2D eigenvalue weighted by atomic mass is 10.0. The van der Waals surface area contributed by atoms with Crippen molar-refractivity contribution in [2.24, 2.45) is 7.05 Å². The largest absolute Gasteiger partial charge is 0.496 e. The van der Waals surface area contributed by atoms with Gasteiger partial charge < -0.3 is 24.4 Å². The van der Waals surface area contributed by atoms with Crippen molar-refractivity contribution in [3.63, 3.8) is 0 Å². The van der Waals surface area contributed by atoms with Gasteiger partial charge in [0.15, 0.2) is 5.78 Å². The highest BCUT2D eigenvalue weighted by Gasteiger charge is 2.28. The number of hydrogen-bond donors (Lipinski definition) is 1. The number of piperazine rings is 1. The molecule has 1 saturated heterocycles. The number of amides is 2. The fourth-order valence-electron chi connectivity index (χ4n) is 4.19. The number of ketones is 1. The highest BCUT2D eigenvalue weighted by molar-refractivity contribution is 5.94. The summed E-state index contributed by atoms with van der Waals surface area (Å²) in [7, 11) is 3.47. The minimum absolute atomic E-state index is 0.177. The Morgan fingerprint density at radius 2 is 1.85 bits per heavy atom. The molecule has 34 heavy (non-hydrogen) atoms. The molecule has 8 nitrogen and oxygen atoms in total. The molecule has 178 valence electrons. The molecule has 3 aromatic rings. The summed E-state index contributed by atoms with van der Waals surface area (Å²) in [5.74, 6) is 0.732. The number of urea groups is 1. The van der Waals surface area contributed by atoms with Crippen molar-refractivity contribution in [1.82, 2.24) is 19.8 Å². The molecule has 0 bridgehead atoms. The maximum absolute atomic E-state index is 14.6. The molecule has 0 aliphatic carbocycles. The fourth-order valence-corrected chi connectivity index (χ4v) is 4.19. The van der Waals surface area contributed by atoms with Crippen molar-refractivity contribution in [3.8, 4) is 5.75 Å². The summed E-state index contributed by atoms with van der Waals surface area (Å²) in [6.45, 7) is 3.23. The van der Waals surface area contributed by atoms with Crippen molar-refractivity contribution < 1.29 is 18.7 Å². The first kappa shape index (κ1) is 23.3. The third-order valence-corrected chi connectivity index (χ3v) is 6.10. The Balaban J connectivity index is 1.48. The summed E-state index contributed by atoms with van der Waals surface area (Å²) in [4.78, 5) is 32.8. The lowest BCUT2D eigenvalue weighted by Crippen LogP contribution is -2.52. The molecule has 2 aromatic carbocycles. The van der Waals surface area contributed by atoms with Gasteiger partial charge in [-0.25, -0.2) is 14.2 Å². The number of ether oxygens (including phenoxy) is 1. The molecule has 0 radical (unpaired) electrons. The molecule has 4 rings (SSSR count). The highest BCUT2D eigenvalue weighted by atomic mass is 19.1. The van der Waals surface area contributed by atoms with Crippen LogP contribution in [0.25, 0.3) is 0 Å². The molecule has 9 heteroatoms. The molecular weight excluding hydrogens is 437 g/mol. The Hall–Kier alpha value is -3.88. The first-order valence-corrected chi connectivity index (χ1v) is 11.1. The van der Waals surface area contributed by atoms with Gasteiger partial charge in [-0.1, -0.05) is 18.2 Å². The zero-order chi connectivity index (χ0) is 24.2. The molecule has 2 amide bonds. The van der Waals surface area contributed by atoms with E-state index in [1.807, 2.05) is 47.0 Å². The lowest BCUT2D eigenvalue weighted by molar-refractivity contribution is 0.101. The van der Waals surface area contributed by atoms with E-state index < -0.39 is 11.9 Å².